The van der Waals surface area contributed by atoms with Crippen molar-refractivity contribution in [3.05, 3.63) is 39.7 Å². The Hall–Kier alpha value is -2.43. The van der Waals surface area contributed by atoms with Crippen molar-refractivity contribution in [2.45, 2.75) is 13.5 Å². The third-order valence-corrected chi connectivity index (χ3v) is 5.19. The minimum Gasteiger partial charge on any atom is -0.379 e. The van der Waals surface area contributed by atoms with Gasteiger partial charge in [-0.25, -0.2) is 0 Å². The minimum absolute atomic E-state index is 0.0944. The van der Waals surface area contributed by atoms with E-state index in [1.807, 2.05) is 6.07 Å². The van der Waals surface area contributed by atoms with Crippen LogP contribution in [0.2, 0.25) is 0 Å². The normalized spacial score (nSPS) is 15.7. The molecule has 130 valence electrons. The summed E-state index contributed by atoms with van der Waals surface area (Å²) in [5, 5.41) is 24.9. The smallest absolute Gasteiger partial charge is 0.273 e. The summed E-state index contributed by atoms with van der Waals surface area (Å²) in [6, 6.07) is 5.02. The van der Waals surface area contributed by atoms with Crippen LogP contribution in [0.3, 0.4) is 0 Å². The molecule has 0 spiro atoms. The van der Waals surface area contributed by atoms with Gasteiger partial charge in [-0.15, -0.1) is 10.2 Å². The molecule has 1 aliphatic heterocycles. The second-order valence-electron chi connectivity index (χ2n) is 5.81. The van der Waals surface area contributed by atoms with E-state index in [0.29, 0.717) is 22.1 Å². The first-order chi connectivity index (χ1) is 12.1. The number of hydrogen-bond donors (Lipinski definition) is 0. The summed E-state index contributed by atoms with van der Waals surface area (Å²) in [5.74, 6) is 0.766. The number of hydrogen-bond acceptors (Lipinski definition) is 8. The van der Waals surface area contributed by atoms with Crippen LogP contribution in [-0.4, -0.2) is 55.9 Å². The lowest BCUT2D eigenvalue weighted by Crippen LogP contribution is -2.36. The Morgan fingerprint density at radius 3 is 2.88 bits per heavy atom. The van der Waals surface area contributed by atoms with Gasteiger partial charge in [-0.1, -0.05) is 23.5 Å². The molecule has 10 heteroatoms. The van der Waals surface area contributed by atoms with Crippen molar-refractivity contribution in [3.63, 3.8) is 0 Å². The van der Waals surface area contributed by atoms with Crippen molar-refractivity contribution < 1.29 is 9.66 Å². The average molecular weight is 360 g/mol. The molecule has 0 aliphatic carbocycles. The number of rotatable bonds is 4. The molecule has 4 rings (SSSR count). The molecular formula is C15H16N6O3S. The summed E-state index contributed by atoms with van der Waals surface area (Å²) in [6.45, 7) is 5.55. The van der Waals surface area contributed by atoms with E-state index in [0.717, 1.165) is 37.7 Å². The van der Waals surface area contributed by atoms with Gasteiger partial charge in [0.15, 0.2) is 5.82 Å². The first-order valence-electron chi connectivity index (χ1n) is 7.89. The van der Waals surface area contributed by atoms with Crippen LogP contribution in [0.4, 0.5) is 5.69 Å². The molecule has 0 unspecified atom stereocenters. The van der Waals surface area contributed by atoms with Gasteiger partial charge in [-0.2, -0.15) is 9.61 Å². The van der Waals surface area contributed by atoms with Crippen LogP contribution >= 0.6 is 11.3 Å². The summed E-state index contributed by atoms with van der Waals surface area (Å²) in [4.78, 5) is 13.7. The van der Waals surface area contributed by atoms with Gasteiger partial charge in [0.05, 0.1) is 24.7 Å². The molecule has 25 heavy (non-hydrogen) atoms. The highest BCUT2D eigenvalue weighted by Crippen LogP contribution is 2.32. The predicted octanol–water partition coefficient (Wildman–Crippen LogP) is 1.90. The molecule has 0 N–H and O–H groups in total. The number of nitro groups is 1. The summed E-state index contributed by atoms with van der Waals surface area (Å²) in [6.07, 6.45) is 0. The summed E-state index contributed by atoms with van der Waals surface area (Å²) >= 11 is 1.38. The highest BCUT2D eigenvalue weighted by molar-refractivity contribution is 7.19. The molecule has 9 nitrogen and oxygen atoms in total. The third-order valence-electron chi connectivity index (χ3n) is 4.26. The molecule has 2 aromatic heterocycles. The fourth-order valence-electron chi connectivity index (χ4n) is 2.88. The van der Waals surface area contributed by atoms with E-state index in [2.05, 4.69) is 20.2 Å². The van der Waals surface area contributed by atoms with Gasteiger partial charge in [0.1, 0.15) is 5.01 Å². The predicted molar refractivity (Wildman–Crippen MR) is 91.6 cm³/mol. The summed E-state index contributed by atoms with van der Waals surface area (Å²) in [5.41, 5.74) is 1.45. The minimum atomic E-state index is -0.372. The van der Waals surface area contributed by atoms with Gasteiger partial charge < -0.3 is 4.74 Å². The number of nitrogens with zero attached hydrogens (tertiary/aromatic N) is 6. The van der Waals surface area contributed by atoms with Crippen molar-refractivity contribution in [1.82, 2.24) is 24.7 Å². The van der Waals surface area contributed by atoms with Crippen LogP contribution in [-0.2, 0) is 11.3 Å². The van der Waals surface area contributed by atoms with E-state index in [4.69, 9.17) is 4.74 Å². The third kappa shape index (κ3) is 2.99. The first-order valence-corrected chi connectivity index (χ1v) is 8.71. The molecule has 1 aliphatic rings. The maximum Gasteiger partial charge on any atom is 0.273 e. The highest BCUT2D eigenvalue weighted by atomic mass is 32.1. The van der Waals surface area contributed by atoms with E-state index in [9.17, 15) is 10.1 Å². The Kier molecular flexibility index (Phi) is 4.15. The van der Waals surface area contributed by atoms with Crippen LogP contribution < -0.4 is 0 Å². The Morgan fingerprint density at radius 1 is 1.32 bits per heavy atom. The fourth-order valence-corrected chi connectivity index (χ4v) is 3.82. The molecule has 3 aromatic rings. The van der Waals surface area contributed by atoms with Crippen molar-refractivity contribution in [2.24, 2.45) is 0 Å². The zero-order chi connectivity index (χ0) is 17.4. The second-order valence-corrected chi connectivity index (χ2v) is 6.77. The van der Waals surface area contributed by atoms with Gasteiger partial charge in [0, 0.05) is 30.3 Å². The molecule has 0 bridgehead atoms. The lowest BCUT2D eigenvalue weighted by Gasteiger charge is -2.25. The average Bonchev–Trinajstić information content (AvgIpc) is 3.18. The van der Waals surface area contributed by atoms with E-state index in [-0.39, 0.29) is 10.6 Å². The van der Waals surface area contributed by atoms with Crippen molar-refractivity contribution in [2.75, 3.05) is 26.3 Å². The van der Waals surface area contributed by atoms with Gasteiger partial charge in [-0.05, 0) is 6.92 Å². The molecule has 3 heterocycles. The Morgan fingerprint density at radius 2 is 2.12 bits per heavy atom. The van der Waals surface area contributed by atoms with Crippen LogP contribution in [0.5, 0.6) is 0 Å². The maximum absolute atomic E-state index is 11.1. The summed E-state index contributed by atoms with van der Waals surface area (Å²) in [7, 11) is 0. The van der Waals surface area contributed by atoms with Gasteiger partial charge in [-0.3, -0.25) is 15.0 Å². The quantitative estimate of drug-likeness (QED) is 0.517. The topological polar surface area (TPSA) is 98.7 Å². The number of benzene rings is 1. The van der Waals surface area contributed by atoms with Crippen LogP contribution in [0.1, 0.15) is 11.4 Å². The number of nitro benzene ring substituents is 1. The largest absolute Gasteiger partial charge is 0.379 e. The number of morpholine rings is 1. The monoisotopic (exact) mass is 360 g/mol. The zero-order valence-electron chi connectivity index (χ0n) is 13.6. The molecule has 1 saturated heterocycles. The fraction of sp³-hybridized carbons (Fsp3) is 0.400. The van der Waals surface area contributed by atoms with Crippen LogP contribution in [0.15, 0.2) is 18.2 Å². The molecule has 0 radical (unpaired) electrons. The molecule has 1 fully saturated rings. The zero-order valence-corrected chi connectivity index (χ0v) is 14.4. The van der Waals surface area contributed by atoms with E-state index < -0.39 is 0 Å². The number of aromatic nitrogens is 4. The lowest BCUT2D eigenvalue weighted by molar-refractivity contribution is -0.385. The SMILES string of the molecule is Cc1c(-c2nn3c(CN4CCOCC4)nnc3s2)cccc1[N+](=O)[O-]. The van der Waals surface area contributed by atoms with Crippen molar-refractivity contribution in [3.8, 4) is 10.6 Å². The number of fused-ring (bicyclic) bond motifs is 1. The van der Waals surface area contributed by atoms with Gasteiger partial charge >= 0.3 is 0 Å². The van der Waals surface area contributed by atoms with Crippen LogP contribution in [0.25, 0.3) is 15.5 Å². The highest BCUT2D eigenvalue weighted by Gasteiger charge is 2.20. The van der Waals surface area contributed by atoms with Crippen molar-refractivity contribution in [1.29, 1.82) is 0 Å². The summed E-state index contributed by atoms with van der Waals surface area (Å²) < 4.78 is 7.09. The Bertz CT molecular complexity index is 931. The standard InChI is InChI=1S/C15H16N6O3S/c1-10-11(3-2-4-12(10)21(22)23)14-18-20-13(16-17-15(20)25-14)9-19-5-7-24-8-6-19/h2-4H,5-9H2,1H3. The molecule has 0 amide bonds. The Labute approximate surface area is 147 Å². The van der Waals surface area contributed by atoms with E-state index in [1.54, 1.807) is 17.5 Å². The van der Waals surface area contributed by atoms with E-state index >= 15 is 0 Å². The van der Waals surface area contributed by atoms with Gasteiger partial charge in [0.25, 0.3) is 5.69 Å². The molecule has 0 atom stereocenters. The molecule has 1 aromatic carbocycles. The first kappa shape index (κ1) is 16.1. The molecule has 0 saturated carbocycles. The lowest BCUT2D eigenvalue weighted by atomic mass is 10.1. The van der Waals surface area contributed by atoms with E-state index in [1.165, 1.54) is 17.4 Å². The number of ether oxygens (including phenoxy) is 1. The second kappa shape index (κ2) is 6.47. The van der Waals surface area contributed by atoms with Gasteiger partial charge in [0.2, 0.25) is 4.96 Å². The van der Waals surface area contributed by atoms with Crippen LogP contribution in [0, 0.1) is 17.0 Å². The maximum atomic E-state index is 11.1. The Balaban J connectivity index is 1.68. The molecular weight excluding hydrogens is 344 g/mol. The van der Waals surface area contributed by atoms with Crippen molar-refractivity contribution >= 4 is 22.0 Å².